The maximum atomic E-state index is 12.4. The number of nitriles is 1. The molecule has 2 aromatic rings. The summed E-state index contributed by atoms with van der Waals surface area (Å²) in [6.07, 6.45) is 0. The summed E-state index contributed by atoms with van der Waals surface area (Å²) in [5.74, 6) is 0.790. The van der Waals surface area contributed by atoms with Crippen LogP contribution in [0.15, 0.2) is 34.4 Å². The van der Waals surface area contributed by atoms with Crippen LogP contribution in [-0.4, -0.2) is 16.8 Å². The number of hydrogen-bond acceptors (Lipinski definition) is 8. The van der Waals surface area contributed by atoms with Crippen LogP contribution in [0.1, 0.15) is 17.0 Å². The molecule has 6 N–H and O–H groups in total. The minimum Gasteiger partial charge on any atom is -0.454 e. The Morgan fingerprint density at radius 1 is 1.29 bits per heavy atom. The van der Waals surface area contributed by atoms with E-state index in [0.717, 1.165) is 0 Å². The fourth-order valence-electron chi connectivity index (χ4n) is 2.91. The molecule has 1 aromatic heterocycles. The van der Waals surface area contributed by atoms with Crippen molar-refractivity contribution in [1.82, 2.24) is 9.97 Å². The number of nitrogens with zero attached hydrogens (tertiary/aromatic N) is 2. The van der Waals surface area contributed by atoms with Crippen LogP contribution in [-0.2, 0) is 0 Å². The molecule has 24 heavy (non-hydrogen) atoms. The van der Waals surface area contributed by atoms with E-state index in [2.05, 4.69) is 21.4 Å². The molecule has 3 heterocycles. The fraction of sp³-hybridized carbons (Fsp3) is 0.133. The molecule has 0 spiro atoms. The second kappa shape index (κ2) is 4.92. The molecule has 0 fully saturated rings. The Kier molecular flexibility index (Phi) is 2.86. The molecule has 4 rings (SSSR count). The quantitative estimate of drug-likeness (QED) is 0.585. The number of ether oxygens (including phenoxy) is 2. The summed E-state index contributed by atoms with van der Waals surface area (Å²) < 4.78 is 10.7. The highest BCUT2D eigenvalue weighted by Crippen LogP contribution is 2.41. The molecule has 2 aliphatic heterocycles. The smallest absolute Gasteiger partial charge is 0.258 e. The van der Waals surface area contributed by atoms with Crippen LogP contribution in [0.5, 0.6) is 11.5 Å². The Hall–Kier alpha value is -3.67. The largest absolute Gasteiger partial charge is 0.454 e. The Balaban J connectivity index is 1.96. The number of H-pyrrole nitrogens is 1. The molecule has 9 heteroatoms. The molecule has 0 aliphatic carbocycles. The van der Waals surface area contributed by atoms with Crippen molar-refractivity contribution in [2.75, 3.05) is 17.8 Å². The van der Waals surface area contributed by atoms with Crippen molar-refractivity contribution in [3.8, 4) is 17.6 Å². The molecule has 2 aliphatic rings. The van der Waals surface area contributed by atoms with Gasteiger partial charge in [0.1, 0.15) is 11.6 Å². The van der Waals surface area contributed by atoms with E-state index in [4.69, 9.17) is 20.9 Å². The highest BCUT2D eigenvalue weighted by molar-refractivity contribution is 5.65. The normalized spacial score (nSPS) is 17.9. The van der Waals surface area contributed by atoms with Crippen LogP contribution in [0.3, 0.4) is 0 Å². The fourth-order valence-corrected chi connectivity index (χ4v) is 2.91. The highest BCUT2D eigenvalue weighted by atomic mass is 16.7. The standard InChI is InChI=1S/C15H12N6O3/c16-4-7-10(6-1-2-8-9(3-6)24-5-23-8)11-13(19-12(7)17)20-15(18)21-14(11)22/h1-3,10H,5,17H2,(H4,18,19,20,21,22). The SMILES string of the molecule is N#CC1=C(N)Nc2nc(N)[nH]c(=O)c2C1c1ccc2c(c1)OCO2. The third-order valence-electron chi connectivity index (χ3n) is 3.94. The average Bonchev–Trinajstić information content (AvgIpc) is 3.00. The minimum absolute atomic E-state index is 0.0381. The van der Waals surface area contributed by atoms with Crippen molar-refractivity contribution in [3.63, 3.8) is 0 Å². The number of aromatic nitrogens is 2. The van der Waals surface area contributed by atoms with Crippen molar-refractivity contribution >= 4 is 11.8 Å². The van der Waals surface area contributed by atoms with Gasteiger partial charge in [-0.2, -0.15) is 10.2 Å². The van der Waals surface area contributed by atoms with Gasteiger partial charge in [0.25, 0.3) is 5.56 Å². The molecular weight excluding hydrogens is 312 g/mol. The van der Waals surface area contributed by atoms with E-state index >= 15 is 0 Å². The molecule has 0 amide bonds. The van der Waals surface area contributed by atoms with Crippen molar-refractivity contribution in [1.29, 1.82) is 5.26 Å². The van der Waals surface area contributed by atoms with E-state index in [1.807, 2.05) is 0 Å². The van der Waals surface area contributed by atoms with Crippen LogP contribution in [0.25, 0.3) is 0 Å². The van der Waals surface area contributed by atoms with Crippen LogP contribution in [0.2, 0.25) is 0 Å². The van der Waals surface area contributed by atoms with Crippen molar-refractivity contribution in [2.24, 2.45) is 5.73 Å². The third-order valence-corrected chi connectivity index (χ3v) is 3.94. The summed E-state index contributed by atoms with van der Waals surface area (Å²) in [4.78, 5) is 19.0. The Bertz CT molecular complexity index is 988. The summed E-state index contributed by atoms with van der Waals surface area (Å²) in [5.41, 5.74) is 12.3. The lowest BCUT2D eigenvalue weighted by atomic mass is 9.84. The Labute approximate surface area is 135 Å². The third kappa shape index (κ3) is 1.94. The zero-order valence-corrected chi connectivity index (χ0v) is 12.3. The minimum atomic E-state index is -0.683. The molecule has 0 radical (unpaired) electrons. The molecule has 0 bridgehead atoms. The summed E-state index contributed by atoms with van der Waals surface area (Å²) >= 11 is 0. The van der Waals surface area contributed by atoms with Crippen LogP contribution in [0.4, 0.5) is 11.8 Å². The van der Waals surface area contributed by atoms with Crippen LogP contribution >= 0.6 is 0 Å². The number of rotatable bonds is 1. The first-order valence-corrected chi connectivity index (χ1v) is 7.04. The average molecular weight is 324 g/mol. The maximum absolute atomic E-state index is 12.4. The first-order valence-electron chi connectivity index (χ1n) is 7.04. The van der Waals surface area contributed by atoms with Gasteiger partial charge in [-0.05, 0) is 17.7 Å². The van der Waals surface area contributed by atoms with Gasteiger partial charge < -0.3 is 26.3 Å². The van der Waals surface area contributed by atoms with Crippen LogP contribution in [0, 0.1) is 11.3 Å². The van der Waals surface area contributed by atoms with E-state index in [0.29, 0.717) is 17.1 Å². The molecule has 0 saturated heterocycles. The Morgan fingerprint density at radius 2 is 2.08 bits per heavy atom. The summed E-state index contributed by atoms with van der Waals surface area (Å²) in [7, 11) is 0. The number of nitrogen functional groups attached to an aromatic ring is 1. The first-order chi connectivity index (χ1) is 11.6. The van der Waals surface area contributed by atoms with Crippen molar-refractivity contribution in [2.45, 2.75) is 5.92 Å². The van der Waals surface area contributed by atoms with Crippen molar-refractivity contribution < 1.29 is 9.47 Å². The predicted molar refractivity (Wildman–Crippen MR) is 84.1 cm³/mol. The van der Waals surface area contributed by atoms with Gasteiger partial charge in [-0.25, -0.2) is 0 Å². The molecule has 0 saturated carbocycles. The molecule has 9 nitrogen and oxygen atoms in total. The molecule has 1 unspecified atom stereocenters. The second-order valence-electron chi connectivity index (χ2n) is 5.32. The molecule has 1 atom stereocenters. The monoisotopic (exact) mass is 324 g/mol. The van der Waals surface area contributed by atoms with E-state index < -0.39 is 11.5 Å². The Morgan fingerprint density at radius 3 is 2.88 bits per heavy atom. The van der Waals surface area contributed by atoms with Crippen LogP contribution < -0.4 is 31.8 Å². The lowest BCUT2D eigenvalue weighted by molar-refractivity contribution is 0.174. The lowest BCUT2D eigenvalue weighted by Gasteiger charge is -2.26. The molecular formula is C15H12N6O3. The van der Waals surface area contributed by atoms with E-state index in [-0.39, 0.29) is 35.5 Å². The topological polar surface area (TPSA) is 152 Å². The summed E-state index contributed by atoms with van der Waals surface area (Å²) in [6.45, 7) is 0.128. The number of anilines is 2. The number of nitrogens with two attached hydrogens (primary N) is 2. The number of nitrogens with one attached hydrogen (secondary N) is 2. The zero-order chi connectivity index (χ0) is 16.8. The van der Waals surface area contributed by atoms with Gasteiger partial charge in [-0.3, -0.25) is 9.78 Å². The summed E-state index contributed by atoms with van der Waals surface area (Å²) in [5, 5.41) is 12.3. The van der Waals surface area contributed by atoms with E-state index in [9.17, 15) is 10.1 Å². The first kappa shape index (κ1) is 14.0. The van der Waals surface area contributed by atoms with E-state index in [1.165, 1.54) is 0 Å². The van der Waals surface area contributed by atoms with Gasteiger partial charge >= 0.3 is 0 Å². The summed E-state index contributed by atoms with van der Waals surface area (Å²) in [6, 6.07) is 7.27. The maximum Gasteiger partial charge on any atom is 0.258 e. The molecule has 1 aromatic carbocycles. The lowest BCUT2D eigenvalue weighted by Crippen LogP contribution is -2.30. The zero-order valence-electron chi connectivity index (χ0n) is 12.3. The number of aromatic amines is 1. The van der Waals surface area contributed by atoms with Gasteiger partial charge in [-0.15, -0.1) is 0 Å². The van der Waals surface area contributed by atoms with Gasteiger partial charge in [0.15, 0.2) is 11.5 Å². The van der Waals surface area contributed by atoms with Gasteiger partial charge in [-0.1, -0.05) is 6.07 Å². The number of allylic oxidation sites excluding steroid dienone is 1. The predicted octanol–water partition coefficient (Wildman–Crippen LogP) is 0.332. The number of hydrogen-bond donors (Lipinski definition) is 4. The van der Waals surface area contributed by atoms with E-state index in [1.54, 1.807) is 18.2 Å². The number of fused-ring (bicyclic) bond motifs is 2. The molecule has 120 valence electrons. The van der Waals surface area contributed by atoms with Gasteiger partial charge in [0, 0.05) is 0 Å². The number of benzene rings is 1. The van der Waals surface area contributed by atoms with Gasteiger partial charge in [0.05, 0.1) is 23.1 Å². The highest BCUT2D eigenvalue weighted by Gasteiger charge is 2.33. The van der Waals surface area contributed by atoms with Gasteiger partial charge in [0.2, 0.25) is 12.7 Å². The second-order valence-corrected chi connectivity index (χ2v) is 5.32. The van der Waals surface area contributed by atoms with Crippen molar-refractivity contribution in [3.05, 3.63) is 51.1 Å².